The lowest BCUT2D eigenvalue weighted by Crippen LogP contribution is -2.26. The van der Waals surface area contributed by atoms with Crippen LogP contribution >= 0.6 is 34.8 Å². The van der Waals surface area contributed by atoms with E-state index in [0.717, 1.165) is 6.42 Å². The van der Waals surface area contributed by atoms with Gasteiger partial charge in [0.15, 0.2) is 0 Å². The zero-order valence-corrected chi connectivity index (χ0v) is 12.7. The van der Waals surface area contributed by atoms with Crippen molar-refractivity contribution < 1.29 is 5.11 Å². The quantitative estimate of drug-likeness (QED) is 0.790. The first-order valence-corrected chi connectivity index (χ1v) is 7.04. The SMILES string of the molecule is CC(C)CC[C@H](O)[C@H](N)c1cc(Cl)cc(Cl)c1Cl. The highest BCUT2D eigenvalue weighted by Crippen LogP contribution is 2.34. The molecule has 1 aromatic rings. The Bertz CT molecular complexity index is 409. The van der Waals surface area contributed by atoms with Gasteiger partial charge < -0.3 is 10.8 Å². The Balaban J connectivity index is 2.86. The van der Waals surface area contributed by atoms with Crippen molar-refractivity contribution in [1.29, 1.82) is 0 Å². The zero-order chi connectivity index (χ0) is 13.9. The number of rotatable bonds is 5. The molecule has 0 unspecified atom stereocenters. The Hall–Kier alpha value is 0.01000. The van der Waals surface area contributed by atoms with Crippen molar-refractivity contribution in [3.63, 3.8) is 0 Å². The van der Waals surface area contributed by atoms with Crippen LogP contribution in [0.15, 0.2) is 12.1 Å². The third-order valence-corrected chi connectivity index (χ3v) is 3.87. The van der Waals surface area contributed by atoms with E-state index in [2.05, 4.69) is 13.8 Å². The Morgan fingerprint density at radius 3 is 2.33 bits per heavy atom. The van der Waals surface area contributed by atoms with Gasteiger partial charge in [-0.15, -0.1) is 0 Å². The monoisotopic (exact) mass is 309 g/mol. The normalized spacial score (nSPS) is 14.9. The van der Waals surface area contributed by atoms with Gasteiger partial charge in [-0.3, -0.25) is 0 Å². The largest absolute Gasteiger partial charge is 0.391 e. The summed E-state index contributed by atoms with van der Waals surface area (Å²) in [6.07, 6.45) is 0.875. The van der Waals surface area contributed by atoms with Crippen LogP contribution < -0.4 is 5.73 Å². The van der Waals surface area contributed by atoms with Crippen LogP contribution in [-0.2, 0) is 0 Å². The third-order valence-electron chi connectivity index (χ3n) is 2.83. The molecule has 0 aliphatic carbocycles. The van der Waals surface area contributed by atoms with Crippen LogP contribution in [-0.4, -0.2) is 11.2 Å². The second kappa shape index (κ2) is 6.97. The fourth-order valence-corrected chi connectivity index (χ4v) is 2.45. The molecule has 0 aliphatic heterocycles. The number of hydrogen-bond donors (Lipinski definition) is 2. The van der Waals surface area contributed by atoms with Gasteiger partial charge in [-0.25, -0.2) is 0 Å². The lowest BCUT2D eigenvalue weighted by atomic mass is 9.96. The van der Waals surface area contributed by atoms with Crippen molar-refractivity contribution in [1.82, 2.24) is 0 Å². The molecule has 0 heterocycles. The van der Waals surface area contributed by atoms with Crippen molar-refractivity contribution in [2.75, 3.05) is 0 Å². The number of nitrogens with two attached hydrogens (primary N) is 1. The van der Waals surface area contributed by atoms with Crippen LogP contribution in [0.5, 0.6) is 0 Å². The molecular weight excluding hydrogens is 293 g/mol. The molecule has 2 nitrogen and oxygen atoms in total. The molecule has 18 heavy (non-hydrogen) atoms. The van der Waals surface area contributed by atoms with Crippen LogP contribution in [0.2, 0.25) is 15.1 Å². The molecule has 2 atom stereocenters. The number of aliphatic hydroxyl groups is 1. The van der Waals surface area contributed by atoms with E-state index in [1.165, 1.54) is 0 Å². The van der Waals surface area contributed by atoms with E-state index in [1.807, 2.05) is 0 Å². The van der Waals surface area contributed by atoms with Gasteiger partial charge >= 0.3 is 0 Å². The topological polar surface area (TPSA) is 46.2 Å². The van der Waals surface area contributed by atoms with E-state index in [0.29, 0.717) is 33.0 Å². The number of hydrogen-bond acceptors (Lipinski definition) is 2. The fourth-order valence-electron chi connectivity index (χ4n) is 1.71. The molecule has 1 rings (SSSR count). The highest BCUT2D eigenvalue weighted by molar-refractivity contribution is 6.43. The maximum Gasteiger partial charge on any atom is 0.0733 e. The van der Waals surface area contributed by atoms with E-state index in [4.69, 9.17) is 40.5 Å². The molecule has 102 valence electrons. The second-order valence-electron chi connectivity index (χ2n) is 4.86. The number of halogens is 3. The van der Waals surface area contributed by atoms with Crippen molar-refractivity contribution in [3.8, 4) is 0 Å². The van der Waals surface area contributed by atoms with Gasteiger partial charge in [0.2, 0.25) is 0 Å². The summed E-state index contributed by atoms with van der Waals surface area (Å²) in [4.78, 5) is 0. The molecule has 0 radical (unpaired) electrons. The molecular formula is C13H18Cl3NO. The molecule has 1 aromatic carbocycles. The lowest BCUT2D eigenvalue weighted by Gasteiger charge is -2.21. The number of benzene rings is 1. The van der Waals surface area contributed by atoms with Gasteiger partial charge in [0.25, 0.3) is 0 Å². The van der Waals surface area contributed by atoms with Crippen molar-refractivity contribution in [3.05, 3.63) is 32.8 Å². The summed E-state index contributed by atoms with van der Waals surface area (Å²) in [5.74, 6) is 0.519. The molecule has 0 amide bonds. The lowest BCUT2D eigenvalue weighted by molar-refractivity contribution is 0.128. The summed E-state index contributed by atoms with van der Waals surface area (Å²) in [6.45, 7) is 4.20. The van der Waals surface area contributed by atoms with Gasteiger partial charge in [-0.1, -0.05) is 48.7 Å². The van der Waals surface area contributed by atoms with Gasteiger partial charge in [-0.05, 0) is 36.5 Å². The molecule has 0 saturated carbocycles. The van der Waals surface area contributed by atoms with Crippen molar-refractivity contribution in [2.45, 2.75) is 38.8 Å². The predicted molar refractivity (Wildman–Crippen MR) is 78.5 cm³/mol. The Kier molecular flexibility index (Phi) is 6.22. The summed E-state index contributed by atoms with van der Waals surface area (Å²) in [5, 5.41) is 11.2. The average Bonchev–Trinajstić information content (AvgIpc) is 2.29. The van der Waals surface area contributed by atoms with E-state index < -0.39 is 12.1 Å². The van der Waals surface area contributed by atoms with E-state index >= 15 is 0 Å². The van der Waals surface area contributed by atoms with Gasteiger partial charge in [0, 0.05) is 5.02 Å². The minimum Gasteiger partial charge on any atom is -0.391 e. The van der Waals surface area contributed by atoms with E-state index in [9.17, 15) is 5.11 Å². The summed E-state index contributed by atoms with van der Waals surface area (Å²) >= 11 is 17.9. The standard InChI is InChI=1S/C13H18Cl3NO/c1-7(2)3-4-11(18)13(17)9-5-8(14)6-10(15)12(9)16/h5-7,11,13,18H,3-4,17H2,1-2H3/t11-,13+/m0/s1. The maximum atomic E-state index is 10.1. The molecule has 0 saturated heterocycles. The highest BCUT2D eigenvalue weighted by Gasteiger charge is 2.21. The second-order valence-corrected chi connectivity index (χ2v) is 6.08. The van der Waals surface area contributed by atoms with Gasteiger partial charge in [-0.2, -0.15) is 0 Å². The average molecular weight is 311 g/mol. The third kappa shape index (κ3) is 4.29. The minimum absolute atomic E-state index is 0.352. The zero-order valence-electron chi connectivity index (χ0n) is 10.5. The molecule has 0 aliphatic rings. The number of aliphatic hydroxyl groups excluding tert-OH is 1. The van der Waals surface area contributed by atoms with Crippen molar-refractivity contribution in [2.24, 2.45) is 11.7 Å². The van der Waals surface area contributed by atoms with Gasteiger partial charge in [0.05, 0.1) is 22.2 Å². The summed E-state index contributed by atoms with van der Waals surface area (Å²) in [6, 6.07) is 2.63. The van der Waals surface area contributed by atoms with Crippen LogP contribution in [0.1, 0.15) is 38.3 Å². The van der Waals surface area contributed by atoms with Crippen LogP contribution in [0.25, 0.3) is 0 Å². The molecule has 0 fully saturated rings. The first-order chi connectivity index (χ1) is 8.32. The highest BCUT2D eigenvalue weighted by atomic mass is 35.5. The molecule has 3 N–H and O–H groups in total. The van der Waals surface area contributed by atoms with Crippen LogP contribution in [0.3, 0.4) is 0 Å². The Labute approximate surface area is 123 Å². The molecule has 5 heteroatoms. The molecule has 0 aromatic heterocycles. The fraction of sp³-hybridized carbons (Fsp3) is 0.538. The first kappa shape index (κ1) is 16.1. The van der Waals surface area contributed by atoms with Gasteiger partial charge in [0.1, 0.15) is 0 Å². The molecule has 0 spiro atoms. The van der Waals surface area contributed by atoms with E-state index in [-0.39, 0.29) is 0 Å². The Morgan fingerprint density at radius 2 is 1.78 bits per heavy atom. The minimum atomic E-state index is -0.653. The smallest absolute Gasteiger partial charge is 0.0733 e. The maximum absolute atomic E-state index is 10.1. The summed E-state index contributed by atoms with van der Waals surface area (Å²) < 4.78 is 0. The summed E-state index contributed by atoms with van der Waals surface area (Å²) in [5.41, 5.74) is 6.60. The molecule has 0 bridgehead atoms. The first-order valence-electron chi connectivity index (χ1n) is 5.91. The predicted octanol–water partition coefficient (Wildman–Crippen LogP) is 4.44. The van der Waals surface area contributed by atoms with Crippen LogP contribution in [0.4, 0.5) is 0 Å². The van der Waals surface area contributed by atoms with Crippen LogP contribution in [0, 0.1) is 5.92 Å². The Morgan fingerprint density at radius 1 is 1.17 bits per heavy atom. The van der Waals surface area contributed by atoms with E-state index in [1.54, 1.807) is 12.1 Å². The van der Waals surface area contributed by atoms with Crippen molar-refractivity contribution >= 4 is 34.8 Å². The summed E-state index contributed by atoms with van der Waals surface area (Å²) in [7, 11) is 0.